The van der Waals surface area contributed by atoms with Gasteiger partial charge in [-0.1, -0.05) is 12.8 Å². The standard InChI is InChI=1S/C19H25N3O3/c1-25-16-8-6-14(7-9-16)17-10-11-19(24)22(21-17)13-12-18(23)20-15-4-2-3-5-15/h6-9,15H,2-5,10-13H2,1H3,(H,20,23). The van der Waals surface area contributed by atoms with Crippen LogP contribution in [0.25, 0.3) is 0 Å². The van der Waals surface area contributed by atoms with Crippen molar-refractivity contribution >= 4 is 17.5 Å². The smallest absolute Gasteiger partial charge is 0.243 e. The molecular formula is C19H25N3O3. The molecule has 1 aliphatic carbocycles. The highest BCUT2D eigenvalue weighted by Crippen LogP contribution is 2.19. The summed E-state index contributed by atoms with van der Waals surface area (Å²) in [5.41, 5.74) is 1.85. The molecule has 0 aromatic heterocycles. The highest BCUT2D eigenvalue weighted by Gasteiger charge is 2.23. The van der Waals surface area contributed by atoms with Crippen molar-refractivity contribution in [2.75, 3.05) is 13.7 Å². The van der Waals surface area contributed by atoms with Crippen LogP contribution >= 0.6 is 0 Å². The molecule has 6 nitrogen and oxygen atoms in total. The molecule has 0 saturated heterocycles. The van der Waals surface area contributed by atoms with Crippen molar-refractivity contribution in [1.29, 1.82) is 0 Å². The van der Waals surface area contributed by atoms with Crippen molar-refractivity contribution in [3.63, 3.8) is 0 Å². The van der Waals surface area contributed by atoms with E-state index in [1.807, 2.05) is 24.3 Å². The van der Waals surface area contributed by atoms with Crippen molar-refractivity contribution in [2.24, 2.45) is 5.10 Å². The van der Waals surface area contributed by atoms with Crippen LogP contribution in [0.1, 0.15) is 50.5 Å². The zero-order valence-corrected chi connectivity index (χ0v) is 14.7. The van der Waals surface area contributed by atoms with E-state index in [1.165, 1.54) is 17.9 Å². The molecule has 0 radical (unpaired) electrons. The molecule has 25 heavy (non-hydrogen) atoms. The summed E-state index contributed by atoms with van der Waals surface area (Å²) in [5, 5.41) is 8.96. The number of carbonyl (C=O) groups excluding carboxylic acids is 2. The Labute approximate surface area is 148 Å². The molecule has 1 heterocycles. The largest absolute Gasteiger partial charge is 0.497 e. The normalized spacial score (nSPS) is 18.2. The first-order valence-electron chi connectivity index (χ1n) is 8.97. The van der Waals surface area contributed by atoms with Crippen LogP contribution in [0, 0.1) is 0 Å². The maximum Gasteiger partial charge on any atom is 0.243 e. The molecule has 1 aliphatic heterocycles. The van der Waals surface area contributed by atoms with E-state index in [0.29, 0.717) is 31.8 Å². The maximum absolute atomic E-state index is 12.1. The molecule has 1 aromatic carbocycles. The van der Waals surface area contributed by atoms with Crippen LogP contribution in [0.4, 0.5) is 0 Å². The fourth-order valence-corrected chi connectivity index (χ4v) is 3.34. The number of ether oxygens (including phenoxy) is 1. The van der Waals surface area contributed by atoms with Gasteiger partial charge in [0.1, 0.15) is 5.75 Å². The predicted octanol–water partition coefficient (Wildman–Crippen LogP) is 2.47. The van der Waals surface area contributed by atoms with Crippen LogP contribution in [0.5, 0.6) is 5.75 Å². The number of hydrogen-bond donors (Lipinski definition) is 1. The Morgan fingerprint density at radius 2 is 1.96 bits per heavy atom. The van der Waals surface area contributed by atoms with E-state index in [4.69, 9.17) is 4.74 Å². The lowest BCUT2D eigenvalue weighted by Crippen LogP contribution is -2.37. The third-order valence-corrected chi connectivity index (χ3v) is 4.80. The van der Waals surface area contributed by atoms with Gasteiger partial charge in [-0.05, 0) is 42.7 Å². The average molecular weight is 343 g/mol. The topological polar surface area (TPSA) is 71.0 Å². The summed E-state index contributed by atoms with van der Waals surface area (Å²) >= 11 is 0. The van der Waals surface area contributed by atoms with Gasteiger partial charge in [0.15, 0.2) is 0 Å². The monoisotopic (exact) mass is 343 g/mol. The van der Waals surface area contributed by atoms with Crippen molar-refractivity contribution in [1.82, 2.24) is 10.3 Å². The fourth-order valence-electron chi connectivity index (χ4n) is 3.34. The molecule has 1 saturated carbocycles. The Balaban J connectivity index is 1.58. The Hall–Kier alpha value is -2.37. The maximum atomic E-state index is 12.1. The van der Waals surface area contributed by atoms with Gasteiger partial charge in [-0.3, -0.25) is 9.59 Å². The molecule has 0 bridgehead atoms. The number of hydrogen-bond acceptors (Lipinski definition) is 4. The van der Waals surface area contributed by atoms with E-state index in [0.717, 1.165) is 29.9 Å². The zero-order chi connectivity index (χ0) is 17.6. The molecule has 1 aromatic rings. The molecule has 0 unspecified atom stereocenters. The van der Waals surface area contributed by atoms with Gasteiger partial charge >= 0.3 is 0 Å². The molecular weight excluding hydrogens is 318 g/mol. The number of nitrogens with one attached hydrogen (secondary N) is 1. The summed E-state index contributed by atoms with van der Waals surface area (Å²) in [6, 6.07) is 7.96. The molecule has 1 fully saturated rings. The van der Waals surface area contributed by atoms with Crippen LogP contribution in [0.15, 0.2) is 29.4 Å². The molecule has 2 amide bonds. The van der Waals surface area contributed by atoms with Crippen molar-refractivity contribution in [2.45, 2.75) is 51.0 Å². The van der Waals surface area contributed by atoms with Crippen molar-refractivity contribution < 1.29 is 14.3 Å². The predicted molar refractivity (Wildman–Crippen MR) is 95.5 cm³/mol. The highest BCUT2D eigenvalue weighted by atomic mass is 16.5. The molecule has 134 valence electrons. The van der Waals surface area contributed by atoms with Crippen LogP contribution in [-0.2, 0) is 9.59 Å². The van der Waals surface area contributed by atoms with E-state index in [2.05, 4.69) is 10.4 Å². The van der Waals surface area contributed by atoms with Gasteiger partial charge in [0.2, 0.25) is 11.8 Å². The summed E-state index contributed by atoms with van der Waals surface area (Å²) in [6.07, 6.45) is 5.84. The van der Waals surface area contributed by atoms with Crippen LogP contribution < -0.4 is 10.1 Å². The first-order chi connectivity index (χ1) is 12.2. The first-order valence-corrected chi connectivity index (χ1v) is 8.97. The number of nitrogens with zero attached hydrogens (tertiary/aromatic N) is 2. The number of carbonyl (C=O) groups is 2. The Bertz CT molecular complexity index is 648. The van der Waals surface area contributed by atoms with E-state index < -0.39 is 0 Å². The second-order valence-electron chi connectivity index (χ2n) is 6.59. The zero-order valence-electron chi connectivity index (χ0n) is 14.7. The van der Waals surface area contributed by atoms with E-state index in [1.54, 1.807) is 7.11 Å². The minimum absolute atomic E-state index is 0.00599. The van der Waals surface area contributed by atoms with Crippen LogP contribution in [0.3, 0.4) is 0 Å². The summed E-state index contributed by atoms with van der Waals surface area (Å²) in [4.78, 5) is 24.2. The van der Waals surface area contributed by atoms with E-state index in [9.17, 15) is 9.59 Å². The minimum atomic E-state index is -0.0223. The van der Waals surface area contributed by atoms with Crippen LogP contribution in [0.2, 0.25) is 0 Å². The van der Waals surface area contributed by atoms with Gasteiger partial charge in [-0.25, -0.2) is 5.01 Å². The number of methoxy groups -OCH3 is 1. The molecule has 0 spiro atoms. The lowest BCUT2D eigenvalue weighted by Gasteiger charge is -2.24. The van der Waals surface area contributed by atoms with Crippen LogP contribution in [-0.4, -0.2) is 42.2 Å². The Morgan fingerprint density at radius 3 is 2.64 bits per heavy atom. The van der Waals surface area contributed by atoms with Gasteiger partial charge in [0, 0.05) is 25.3 Å². The minimum Gasteiger partial charge on any atom is -0.497 e. The molecule has 1 N–H and O–H groups in total. The molecule has 6 heteroatoms. The van der Waals surface area contributed by atoms with Gasteiger partial charge in [-0.2, -0.15) is 5.10 Å². The van der Waals surface area contributed by atoms with Gasteiger partial charge in [0.25, 0.3) is 0 Å². The second-order valence-corrected chi connectivity index (χ2v) is 6.59. The third kappa shape index (κ3) is 4.59. The second kappa shape index (κ2) is 8.14. The molecule has 3 rings (SSSR count). The van der Waals surface area contributed by atoms with Crippen molar-refractivity contribution in [3.8, 4) is 5.75 Å². The summed E-state index contributed by atoms with van der Waals surface area (Å²) in [7, 11) is 1.63. The third-order valence-electron chi connectivity index (χ3n) is 4.80. The Kier molecular flexibility index (Phi) is 5.68. The Morgan fingerprint density at radius 1 is 1.24 bits per heavy atom. The van der Waals surface area contributed by atoms with Gasteiger partial charge in [-0.15, -0.1) is 0 Å². The number of hydrazone groups is 1. The molecule has 2 aliphatic rings. The lowest BCUT2D eigenvalue weighted by molar-refractivity contribution is -0.132. The summed E-state index contributed by atoms with van der Waals surface area (Å²) in [5.74, 6) is 0.772. The fraction of sp³-hybridized carbons (Fsp3) is 0.526. The quantitative estimate of drug-likeness (QED) is 0.862. The van der Waals surface area contributed by atoms with Gasteiger partial charge < -0.3 is 10.1 Å². The van der Waals surface area contributed by atoms with E-state index >= 15 is 0 Å². The van der Waals surface area contributed by atoms with Gasteiger partial charge in [0.05, 0.1) is 19.4 Å². The number of benzene rings is 1. The van der Waals surface area contributed by atoms with E-state index in [-0.39, 0.29) is 11.8 Å². The highest BCUT2D eigenvalue weighted by molar-refractivity contribution is 6.04. The lowest BCUT2D eigenvalue weighted by atomic mass is 10.0. The number of amides is 2. The average Bonchev–Trinajstić information content (AvgIpc) is 3.14. The number of rotatable bonds is 6. The van der Waals surface area contributed by atoms with Crippen molar-refractivity contribution in [3.05, 3.63) is 29.8 Å². The summed E-state index contributed by atoms with van der Waals surface area (Å²) < 4.78 is 5.17. The first kappa shape index (κ1) is 17.5. The summed E-state index contributed by atoms with van der Waals surface area (Å²) in [6.45, 7) is 0.330. The SMILES string of the molecule is COc1ccc(C2=NN(CCC(=O)NC3CCCC3)C(=O)CC2)cc1. The molecule has 0 atom stereocenters.